The molecule has 0 atom stereocenters. The molecule has 0 unspecified atom stereocenters. The summed E-state index contributed by atoms with van der Waals surface area (Å²) in [4.78, 5) is 15.5. The molecule has 1 aromatic carbocycles. The highest BCUT2D eigenvalue weighted by Crippen LogP contribution is 2.20. The summed E-state index contributed by atoms with van der Waals surface area (Å²) in [6.07, 6.45) is 3.23. The van der Waals surface area contributed by atoms with Crippen molar-refractivity contribution in [3.8, 4) is 0 Å². The standard InChI is InChI=1S/C19H19NO3S/c1-15-6-8-18(9-7-15)24-14-19(21)20(12-16-4-2-10-22-16)13-17-5-3-11-23-17/h2-11H,12-14H2,1H3. The zero-order valence-corrected chi connectivity index (χ0v) is 14.3. The molecule has 0 radical (unpaired) electrons. The Bertz CT molecular complexity index is 712. The van der Waals surface area contributed by atoms with E-state index in [1.807, 2.05) is 43.3 Å². The van der Waals surface area contributed by atoms with Crippen LogP contribution >= 0.6 is 11.8 Å². The Balaban J connectivity index is 1.64. The Morgan fingerprint density at radius 2 is 1.54 bits per heavy atom. The van der Waals surface area contributed by atoms with E-state index in [0.29, 0.717) is 18.8 Å². The number of hydrogen-bond acceptors (Lipinski definition) is 4. The molecule has 2 heterocycles. The van der Waals surface area contributed by atoms with Crippen molar-refractivity contribution in [3.05, 3.63) is 78.1 Å². The van der Waals surface area contributed by atoms with Crippen molar-refractivity contribution in [2.45, 2.75) is 24.9 Å². The van der Waals surface area contributed by atoms with E-state index in [-0.39, 0.29) is 5.91 Å². The van der Waals surface area contributed by atoms with Crippen LogP contribution in [-0.4, -0.2) is 16.6 Å². The summed E-state index contributed by atoms with van der Waals surface area (Å²) in [6.45, 7) is 2.91. The van der Waals surface area contributed by atoms with Gasteiger partial charge in [0.1, 0.15) is 11.5 Å². The molecule has 0 saturated carbocycles. The monoisotopic (exact) mass is 341 g/mol. The molecule has 1 amide bonds. The molecule has 0 saturated heterocycles. The second-order valence-corrected chi connectivity index (χ2v) is 6.56. The van der Waals surface area contributed by atoms with Gasteiger partial charge in [0.15, 0.2) is 0 Å². The molecule has 4 nitrogen and oxygen atoms in total. The van der Waals surface area contributed by atoms with Gasteiger partial charge in [0.05, 0.1) is 31.4 Å². The summed E-state index contributed by atoms with van der Waals surface area (Å²) in [5.74, 6) is 1.95. The van der Waals surface area contributed by atoms with Crippen LogP contribution in [0.4, 0.5) is 0 Å². The van der Waals surface area contributed by atoms with Crippen molar-refractivity contribution in [1.82, 2.24) is 4.90 Å². The van der Waals surface area contributed by atoms with Crippen LogP contribution in [0.15, 0.2) is 74.8 Å². The van der Waals surface area contributed by atoms with Crippen LogP contribution in [0.5, 0.6) is 0 Å². The van der Waals surface area contributed by atoms with E-state index in [1.165, 1.54) is 17.3 Å². The third-order valence-electron chi connectivity index (χ3n) is 3.59. The van der Waals surface area contributed by atoms with E-state index in [9.17, 15) is 4.79 Å². The molecule has 0 spiro atoms. The first-order chi connectivity index (χ1) is 11.7. The summed E-state index contributed by atoms with van der Waals surface area (Å²) in [7, 11) is 0. The predicted molar refractivity (Wildman–Crippen MR) is 93.6 cm³/mol. The average Bonchev–Trinajstić information content (AvgIpc) is 3.27. The number of amides is 1. The van der Waals surface area contributed by atoms with Crippen LogP contribution in [-0.2, 0) is 17.9 Å². The molecule has 0 bridgehead atoms. The fourth-order valence-corrected chi connectivity index (χ4v) is 3.09. The molecule has 0 N–H and O–H groups in total. The van der Waals surface area contributed by atoms with E-state index < -0.39 is 0 Å². The Labute approximate surface area is 145 Å². The Morgan fingerprint density at radius 1 is 0.958 bits per heavy atom. The van der Waals surface area contributed by atoms with Gasteiger partial charge in [-0.2, -0.15) is 0 Å². The Kier molecular flexibility index (Phi) is 5.43. The number of thioether (sulfide) groups is 1. The molecular weight excluding hydrogens is 322 g/mol. The SMILES string of the molecule is Cc1ccc(SCC(=O)N(Cc2ccco2)Cc2ccco2)cc1. The molecule has 0 aliphatic carbocycles. The quantitative estimate of drug-likeness (QED) is 0.594. The number of nitrogens with zero attached hydrogens (tertiary/aromatic N) is 1. The first-order valence-electron chi connectivity index (χ1n) is 7.73. The minimum atomic E-state index is 0.0494. The highest BCUT2D eigenvalue weighted by molar-refractivity contribution is 8.00. The van der Waals surface area contributed by atoms with Crippen LogP contribution in [0.2, 0.25) is 0 Å². The Morgan fingerprint density at radius 3 is 2.04 bits per heavy atom. The van der Waals surface area contributed by atoms with Gasteiger partial charge in [0.2, 0.25) is 5.91 Å². The molecule has 2 aromatic heterocycles. The van der Waals surface area contributed by atoms with Gasteiger partial charge in [-0.1, -0.05) is 17.7 Å². The molecule has 24 heavy (non-hydrogen) atoms. The maximum absolute atomic E-state index is 12.7. The highest BCUT2D eigenvalue weighted by Gasteiger charge is 2.17. The maximum atomic E-state index is 12.7. The van der Waals surface area contributed by atoms with Gasteiger partial charge in [-0.25, -0.2) is 0 Å². The largest absolute Gasteiger partial charge is 0.467 e. The molecule has 0 aliphatic heterocycles. The number of aryl methyl sites for hydroxylation is 1. The lowest BCUT2D eigenvalue weighted by Gasteiger charge is -2.20. The van der Waals surface area contributed by atoms with E-state index in [4.69, 9.17) is 8.83 Å². The van der Waals surface area contributed by atoms with Gasteiger partial charge in [0, 0.05) is 4.90 Å². The molecule has 0 aliphatic rings. The smallest absolute Gasteiger partial charge is 0.233 e. The molecule has 3 aromatic rings. The van der Waals surface area contributed by atoms with Crippen molar-refractivity contribution in [1.29, 1.82) is 0 Å². The van der Waals surface area contributed by atoms with Crippen molar-refractivity contribution < 1.29 is 13.6 Å². The molecular formula is C19H19NO3S. The van der Waals surface area contributed by atoms with Gasteiger partial charge in [-0.3, -0.25) is 4.79 Å². The first-order valence-corrected chi connectivity index (χ1v) is 8.71. The van der Waals surface area contributed by atoms with Gasteiger partial charge in [-0.05, 0) is 43.3 Å². The van der Waals surface area contributed by atoms with Gasteiger partial charge < -0.3 is 13.7 Å². The second kappa shape index (κ2) is 7.93. The van der Waals surface area contributed by atoms with Crippen LogP contribution in [0, 0.1) is 6.92 Å². The summed E-state index contributed by atoms with van der Waals surface area (Å²) < 4.78 is 10.8. The van der Waals surface area contributed by atoms with Crippen molar-refractivity contribution in [3.63, 3.8) is 0 Å². The summed E-state index contributed by atoms with van der Waals surface area (Å²) in [5.41, 5.74) is 1.21. The fraction of sp³-hybridized carbons (Fsp3) is 0.211. The Hall–Kier alpha value is -2.40. The van der Waals surface area contributed by atoms with Gasteiger partial charge in [-0.15, -0.1) is 11.8 Å². The molecule has 5 heteroatoms. The lowest BCUT2D eigenvalue weighted by molar-refractivity contribution is -0.130. The molecule has 3 rings (SSSR count). The van der Waals surface area contributed by atoms with Crippen LogP contribution < -0.4 is 0 Å². The normalized spacial score (nSPS) is 10.7. The van der Waals surface area contributed by atoms with E-state index in [0.717, 1.165) is 16.4 Å². The first kappa shape index (κ1) is 16.5. The maximum Gasteiger partial charge on any atom is 0.233 e. The zero-order chi connectivity index (χ0) is 16.8. The third kappa shape index (κ3) is 4.55. The summed E-state index contributed by atoms with van der Waals surface area (Å²) >= 11 is 1.54. The second-order valence-electron chi connectivity index (χ2n) is 5.51. The van der Waals surface area contributed by atoms with Crippen LogP contribution in [0.1, 0.15) is 17.1 Å². The average molecular weight is 341 g/mol. The van der Waals surface area contributed by atoms with Crippen molar-refractivity contribution >= 4 is 17.7 Å². The van der Waals surface area contributed by atoms with Gasteiger partial charge in [0.25, 0.3) is 0 Å². The fourth-order valence-electron chi connectivity index (χ4n) is 2.28. The van der Waals surface area contributed by atoms with E-state index in [1.54, 1.807) is 17.4 Å². The predicted octanol–water partition coefficient (Wildman–Crippen LogP) is 4.50. The number of hydrogen-bond donors (Lipinski definition) is 0. The van der Waals surface area contributed by atoms with Crippen LogP contribution in [0.25, 0.3) is 0 Å². The number of carbonyl (C=O) groups is 1. The molecule has 0 fully saturated rings. The lowest BCUT2D eigenvalue weighted by Crippen LogP contribution is -2.31. The topological polar surface area (TPSA) is 46.6 Å². The summed E-state index contributed by atoms with van der Waals surface area (Å²) in [6, 6.07) is 15.6. The zero-order valence-electron chi connectivity index (χ0n) is 13.5. The van der Waals surface area contributed by atoms with E-state index >= 15 is 0 Å². The van der Waals surface area contributed by atoms with Gasteiger partial charge >= 0.3 is 0 Å². The minimum absolute atomic E-state index is 0.0494. The number of furan rings is 2. The molecule has 124 valence electrons. The number of benzene rings is 1. The number of carbonyl (C=O) groups excluding carboxylic acids is 1. The van der Waals surface area contributed by atoms with Crippen LogP contribution in [0.3, 0.4) is 0 Å². The van der Waals surface area contributed by atoms with E-state index in [2.05, 4.69) is 12.1 Å². The number of rotatable bonds is 7. The lowest BCUT2D eigenvalue weighted by atomic mass is 10.2. The highest BCUT2D eigenvalue weighted by atomic mass is 32.2. The van der Waals surface area contributed by atoms with Crippen molar-refractivity contribution in [2.75, 3.05) is 5.75 Å². The minimum Gasteiger partial charge on any atom is -0.467 e. The van der Waals surface area contributed by atoms with Crippen molar-refractivity contribution in [2.24, 2.45) is 0 Å². The summed E-state index contributed by atoms with van der Waals surface area (Å²) in [5, 5.41) is 0. The third-order valence-corrected chi connectivity index (χ3v) is 4.59.